The standard InChI is InChI=1S/C13H18BrN3O/c14-11-9-10-1-3-15-4-2-12(10)16-13(11)17-5-7-18-8-6-17/h2-4,11,13,16H,1,5-9H2. The van der Waals surface area contributed by atoms with E-state index in [9.17, 15) is 0 Å². The summed E-state index contributed by atoms with van der Waals surface area (Å²) in [4.78, 5) is 7.14. The number of hydrogen-bond acceptors (Lipinski definition) is 4. The van der Waals surface area contributed by atoms with Crippen molar-refractivity contribution in [1.29, 1.82) is 0 Å². The zero-order valence-electron chi connectivity index (χ0n) is 10.3. The van der Waals surface area contributed by atoms with Crippen LogP contribution in [0.3, 0.4) is 0 Å². The lowest BCUT2D eigenvalue weighted by atomic mass is 9.98. The van der Waals surface area contributed by atoms with Crippen molar-refractivity contribution in [3.8, 4) is 0 Å². The van der Waals surface area contributed by atoms with Crippen molar-refractivity contribution in [2.24, 2.45) is 4.99 Å². The molecule has 0 aromatic rings. The van der Waals surface area contributed by atoms with Gasteiger partial charge in [-0.2, -0.15) is 0 Å². The zero-order chi connectivity index (χ0) is 12.4. The summed E-state index contributed by atoms with van der Waals surface area (Å²) in [6.07, 6.45) is 8.34. The predicted octanol–water partition coefficient (Wildman–Crippen LogP) is 1.64. The number of halogens is 1. The van der Waals surface area contributed by atoms with Crippen LogP contribution in [0.15, 0.2) is 28.5 Å². The molecule has 0 amide bonds. The highest BCUT2D eigenvalue weighted by molar-refractivity contribution is 9.09. The largest absolute Gasteiger partial charge is 0.379 e. The van der Waals surface area contributed by atoms with Crippen molar-refractivity contribution in [1.82, 2.24) is 10.2 Å². The third kappa shape index (κ3) is 2.53. The van der Waals surface area contributed by atoms with E-state index in [0.717, 1.165) is 39.1 Å². The van der Waals surface area contributed by atoms with Crippen LogP contribution in [0.1, 0.15) is 12.8 Å². The minimum absolute atomic E-state index is 0.357. The Morgan fingerprint density at radius 2 is 2.22 bits per heavy atom. The van der Waals surface area contributed by atoms with Crippen molar-refractivity contribution >= 4 is 22.1 Å². The Balaban J connectivity index is 1.76. The summed E-state index contributed by atoms with van der Waals surface area (Å²) < 4.78 is 5.42. The van der Waals surface area contributed by atoms with E-state index >= 15 is 0 Å². The number of morpholine rings is 1. The summed E-state index contributed by atoms with van der Waals surface area (Å²) in [5.74, 6) is 0. The lowest BCUT2D eigenvalue weighted by Crippen LogP contribution is -2.56. The summed E-state index contributed by atoms with van der Waals surface area (Å²) in [6, 6.07) is 0. The van der Waals surface area contributed by atoms with Crippen LogP contribution in [0.5, 0.6) is 0 Å². The molecular weight excluding hydrogens is 294 g/mol. The van der Waals surface area contributed by atoms with Crippen molar-refractivity contribution < 1.29 is 4.74 Å². The van der Waals surface area contributed by atoms with Gasteiger partial charge in [0.15, 0.2) is 0 Å². The number of nitrogens with zero attached hydrogens (tertiary/aromatic N) is 2. The van der Waals surface area contributed by atoms with Gasteiger partial charge in [0.1, 0.15) is 0 Å². The van der Waals surface area contributed by atoms with Crippen molar-refractivity contribution in [3.05, 3.63) is 23.5 Å². The number of allylic oxidation sites excluding steroid dienone is 2. The van der Waals surface area contributed by atoms with Crippen LogP contribution in [-0.4, -0.2) is 48.4 Å². The molecule has 2 unspecified atom stereocenters. The summed E-state index contributed by atoms with van der Waals surface area (Å²) in [7, 11) is 0. The van der Waals surface area contributed by atoms with E-state index in [1.54, 1.807) is 0 Å². The molecule has 0 saturated carbocycles. The zero-order valence-corrected chi connectivity index (χ0v) is 11.9. The first-order valence-corrected chi connectivity index (χ1v) is 7.39. The Morgan fingerprint density at radius 1 is 1.39 bits per heavy atom. The van der Waals surface area contributed by atoms with Crippen LogP contribution >= 0.6 is 15.9 Å². The molecule has 0 bridgehead atoms. The van der Waals surface area contributed by atoms with Gasteiger partial charge in [0.25, 0.3) is 0 Å². The average Bonchev–Trinajstić information content (AvgIpc) is 2.63. The van der Waals surface area contributed by atoms with Gasteiger partial charge in [-0.3, -0.25) is 9.89 Å². The van der Waals surface area contributed by atoms with Gasteiger partial charge in [0.05, 0.1) is 24.2 Å². The molecule has 0 radical (unpaired) electrons. The number of nitrogens with one attached hydrogen (secondary N) is 1. The number of ether oxygens (including phenoxy) is 1. The normalized spacial score (nSPS) is 32.9. The fourth-order valence-electron chi connectivity index (χ4n) is 2.69. The second kappa shape index (κ2) is 5.55. The quantitative estimate of drug-likeness (QED) is 0.748. The van der Waals surface area contributed by atoms with E-state index in [1.807, 2.05) is 12.4 Å². The molecule has 3 aliphatic heterocycles. The van der Waals surface area contributed by atoms with Crippen LogP contribution in [0.4, 0.5) is 0 Å². The highest BCUT2D eigenvalue weighted by atomic mass is 79.9. The average molecular weight is 312 g/mol. The predicted molar refractivity (Wildman–Crippen MR) is 75.9 cm³/mol. The topological polar surface area (TPSA) is 36.9 Å². The molecule has 98 valence electrons. The second-order valence-electron chi connectivity index (χ2n) is 4.83. The molecular formula is C13H18BrN3O. The van der Waals surface area contributed by atoms with Crippen LogP contribution in [0.2, 0.25) is 0 Å². The number of alkyl halides is 1. The lowest BCUT2D eigenvalue weighted by Gasteiger charge is -2.41. The molecule has 3 rings (SSSR count). The van der Waals surface area contributed by atoms with Gasteiger partial charge in [-0.15, -0.1) is 0 Å². The Hall–Kier alpha value is -0.650. The van der Waals surface area contributed by atoms with Gasteiger partial charge >= 0.3 is 0 Å². The SMILES string of the molecule is BrC1CC2=C(C=CN=CC2)NC1N1CCOCC1. The summed E-state index contributed by atoms with van der Waals surface area (Å²) in [6.45, 7) is 3.68. The van der Waals surface area contributed by atoms with Gasteiger partial charge in [-0.25, -0.2) is 0 Å². The Bertz CT molecular complexity index is 399. The van der Waals surface area contributed by atoms with Gasteiger partial charge < -0.3 is 10.1 Å². The minimum Gasteiger partial charge on any atom is -0.379 e. The first-order valence-electron chi connectivity index (χ1n) is 6.47. The van der Waals surface area contributed by atoms with E-state index in [0.29, 0.717) is 11.0 Å². The molecule has 1 N–H and O–H groups in total. The number of aliphatic imine (C=N–C) groups is 1. The van der Waals surface area contributed by atoms with E-state index in [2.05, 4.69) is 37.2 Å². The molecule has 18 heavy (non-hydrogen) atoms. The van der Waals surface area contributed by atoms with Gasteiger partial charge in [-0.05, 0) is 18.1 Å². The highest BCUT2D eigenvalue weighted by Gasteiger charge is 2.32. The molecule has 0 aliphatic carbocycles. The molecule has 4 nitrogen and oxygen atoms in total. The Morgan fingerprint density at radius 3 is 3.06 bits per heavy atom. The maximum atomic E-state index is 5.42. The summed E-state index contributed by atoms with van der Waals surface area (Å²) >= 11 is 3.83. The first kappa shape index (κ1) is 12.4. The molecule has 0 spiro atoms. The lowest BCUT2D eigenvalue weighted by molar-refractivity contribution is 0.0100. The van der Waals surface area contributed by atoms with Gasteiger partial charge in [0.2, 0.25) is 0 Å². The van der Waals surface area contributed by atoms with E-state index in [1.165, 1.54) is 11.3 Å². The van der Waals surface area contributed by atoms with Crippen molar-refractivity contribution in [3.63, 3.8) is 0 Å². The molecule has 1 saturated heterocycles. The smallest absolute Gasteiger partial charge is 0.0925 e. The molecule has 0 aromatic heterocycles. The molecule has 3 aliphatic rings. The molecule has 5 heteroatoms. The third-order valence-corrected chi connectivity index (χ3v) is 4.50. The molecule has 0 aromatic carbocycles. The van der Waals surface area contributed by atoms with E-state index in [-0.39, 0.29) is 0 Å². The maximum Gasteiger partial charge on any atom is 0.0925 e. The number of rotatable bonds is 1. The maximum absolute atomic E-state index is 5.42. The van der Waals surface area contributed by atoms with E-state index < -0.39 is 0 Å². The van der Waals surface area contributed by atoms with E-state index in [4.69, 9.17) is 4.74 Å². The summed E-state index contributed by atoms with van der Waals surface area (Å²) in [5, 5.41) is 3.65. The highest BCUT2D eigenvalue weighted by Crippen LogP contribution is 2.29. The van der Waals surface area contributed by atoms with Gasteiger partial charge in [0, 0.05) is 37.6 Å². The van der Waals surface area contributed by atoms with Crippen molar-refractivity contribution in [2.45, 2.75) is 23.8 Å². The van der Waals surface area contributed by atoms with Crippen LogP contribution in [0, 0.1) is 0 Å². The van der Waals surface area contributed by atoms with Crippen LogP contribution in [-0.2, 0) is 4.74 Å². The molecule has 2 atom stereocenters. The third-order valence-electron chi connectivity index (χ3n) is 3.68. The van der Waals surface area contributed by atoms with Crippen LogP contribution < -0.4 is 5.32 Å². The summed E-state index contributed by atoms with van der Waals surface area (Å²) in [5.41, 5.74) is 2.69. The Kier molecular flexibility index (Phi) is 3.82. The molecule has 1 fully saturated rings. The number of hydrogen-bond donors (Lipinski definition) is 1. The molecule has 3 heterocycles. The fraction of sp³-hybridized carbons (Fsp3) is 0.615. The second-order valence-corrected chi connectivity index (χ2v) is 6.00. The monoisotopic (exact) mass is 311 g/mol. The van der Waals surface area contributed by atoms with Gasteiger partial charge in [-0.1, -0.05) is 15.9 Å². The fourth-order valence-corrected chi connectivity index (χ4v) is 3.54. The Labute approximate surface area is 116 Å². The first-order chi connectivity index (χ1) is 8.84. The van der Waals surface area contributed by atoms with Crippen molar-refractivity contribution in [2.75, 3.05) is 26.3 Å². The van der Waals surface area contributed by atoms with Crippen LogP contribution in [0.25, 0.3) is 0 Å². The minimum atomic E-state index is 0.357.